The summed E-state index contributed by atoms with van der Waals surface area (Å²) in [4.78, 5) is 2.22. The number of benzene rings is 1. The van der Waals surface area contributed by atoms with Crippen LogP contribution in [0.5, 0.6) is 5.75 Å². The third-order valence-electron chi connectivity index (χ3n) is 2.85. The van der Waals surface area contributed by atoms with Crippen LogP contribution in [-0.2, 0) is 6.54 Å². The van der Waals surface area contributed by atoms with Crippen molar-refractivity contribution in [3.05, 3.63) is 42.5 Å². The predicted molar refractivity (Wildman–Crippen MR) is 81.6 cm³/mol. The molecule has 0 aliphatic rings. The second kappa shape index (κ2) is 9.59. The molecule has 106 valence electrons. The van der Waals surface area contributed by atoms with Crippen LogP contribution in [0.2, 0.25) is 0 Å². The fraction of sp³-hybridized carbons (Fsp3) is 0.500. The molecule has 0 spiro atoms. The lowest BCUT2D eigenvalue weighted by Crippen LogP contribution is -2.18. The summed E-state index contributed by atoms with van der Waals surface area (Å²) in [6.45, 7) is 7.28. The van der Waals surface area contributed by atoms with E-state index in [-0.39, 0.29) is 0 Å². The Morgan fingerprint density at radius 2 is 2.05 bits per heavy atom. The lowest BCUT2D eigenvalue weighted by Gasteiger charge is -2.12. The zero-order valence-corrected chi connectivity index (χ0v) is 12.2. The van der Waals surface area contributed by atoms with Crippen LogP contribution in [0.15, 0.2) is 36.9 Å². The van der Waals surface area contributed by atoms with E-state index in [9.17, 15) is 0 Å². The van der Waals surface area contributed by atoms with Crippen LogP contribution >= 0.6 is 0 Å². The van der Waals surface area contributed by atoms with Gasteiger partial charge in [-0.2, -0.15) is 0 Å². The van der Waals surface area contributed by atoms with E-state index in [4.69, 9.17) is 4.74 Å². The van der Waals surface area contributed by atoms with Crippen molar-refractivity contribution < 1.29 is 4.74 Å². The second-order valence-corrected chi connectivity index (χ2v) is 4.89. The van der Waals surface area contributed by atoms with E-state index in [1.54, 1.807) is 6.08 Å². The number of ether oxygens (including phenoxy) is 1. The number of unbranched alkanes of at least 4 members (excludes halogenated alkanes) is 1. The average Bonchev–Trinajstić information content (AvgIpc) is 2.41. The molecule has 3 nitrogen and oxygen atoms in total. The van der Waals surface area contributed by atoms with Crippen molar-refractivity contribution in [2.24, 2.45) is 0 Å². The lowest BCUT2D eigenvalue weighted by molar-refractivity contribution is 0.357. The molecule has 0 amide bonds. The smallest absolute Gasteiger partial charge is 0.124 e. The van der Waals surface area contributed by atoms with Gasteiger partial charge in [-0.15, -0.1) is 0 Å². The lowest BCUT2D eigenvalue weighted by atomic mass is 10.2. The summed E-state index contributed by atoms with van der Waals surface area (Å²) in [5.74, 6) is 0.947. The first kappa shape index (κ1) is 15.7. The Labute approximate surface area is 117 Å². The number of nitrogens with zero attached hydrogens (tertiary/aromatic N) is 1. The molecule has 1 N–H and O–H groups in total. The number of hydrogen-bond donors (Lipinski definition) is 1. The molecule has 0 fully saturated rings. The first-order valence-corrected chi connectivity index (χ1v) is 6.91. The highest BCUT2D eigenvalue weighted by Gasteiger charge is 2.01. The Morgan fingerprint density at radius 1 is 1.26 bits per heavy atom. The minimum absolute atomic E-state index is 0.555. The monoisotopic (exact) mass is 262 g/mol. The summed E-state index contributed by atoms with van der Waals surface area (Å²) in [6.07, 6.45) is 4.20. The molecule has 0 aliphatic carbocycles. The molecular formula is C16H26N2O. The van der Waals surface area contributed by atoms with Crippen molar-refractivity contribution in [2.45, 2.75) is 19.4 Å². The molecule has 0 saturated heterocycles. The van der Waals surface area contributed by atoms with Crippen molar-refractivity contribution in [1.29, 1.82) is 0 Å². The van der Waals surface area contributed by atoms with Crippen LogP contribution in [-0.4, -0.2) is 38.7 Å². The molecule has 0 atom stereocenters. The molecule has 0 radical (unpaired) electrons. The summed E-state index contributed by atoms with van der Waals surface area (Å²) in [5, 5.41) is 3.47. The third kappa shape index (κ3) is 6.99. The quantitative estimate of drug-likeness (QED) is 0.518. The summed E-state index contributed by atoms with van der Waals surface area (Å²) in [5.41, 5.74) is 1.21. The van der Waals surface area contributed by atoms with Gasteiger partial charge in [-0.3, -0.25) is 0 Å². The maximum atomic E-state index is 5.63. The normalized spacial score (nSPS) is 10.7. The van der Waals surface area contributed by atoms with E-state index in [1.807, 2.05) is 18.2 Å². The maximum Gasteiger partial charge on any atom is 0.124 e. The van der Waals surface area contributed by atoms with E-state index < -0.39 is 0 Å². The van der Waals surface area contributed by atoms with Crippen molar-refractivity contribution in [3.8, 4) is 5.75 Å². The van der Waals surface area contributed by atoms with Gasteiger partial charge in [0.1, 0.15) is 12.4 Å². The molecule has 0 saturated carbocycles. The largest absolute Gasteiger partial charge is 0.489 e. The highest BCUT2D eigenvalue weighted by Crippen LogP contribution is 2.17. The second-order valence-electron chi connectivity index (χ2n) is 4.89. The molecule has 0 unspecified atom stereocenters. The van der Waals surface area contributed by atoms with Gasteiger partial charge < -0.3 is 15.0 Å². The predicted octanol–water partition coefficient (Wildman–Crippen LogP) is 2.68. The van der Waals surface area contributed by atoms with Crippen molar-refractivity contribution >= 4 is 0 Å². The fourth-order valence-corrected chi connectivity index (χ4v) is 1.84. The van der Waals surface area contributed by atoms with E-state index in [1.165, 1.54) is 18.4 Å². The Hall–Kier alpha value is -1.32. The van der Waals surface area contributed by atoms with Gasteiger partial charge in [-0.1, -0.05) is 30.9 Å². The summed E-state index contributed by atoms with van der Waals surface area (Å²) < 4.78 is 5.63. The molecule has 1 rings (SSSR count). The molecule has 19 heavy (non-hydrogen) atoms. The van der Waals surface area contributed by atoms with E-state index in [0.717, 1.165) is 25.4 Å². The van der Waals surface area contributed by atoms with Crippen LogP contribution < -0.4 is 10.1 Å². The van der Waals surface area contributed by atoms with Gasteiger partial charge in [0.05, 0.1) is 0 Å². The van der Waals surface area contributed by atoms with Gasteiger partial charge in [-0.05, 0) is 46.1 Å². The van der Waals surface area contributed by atoms with Gasteiger partial charge in [0, 0.05) is 12.1 Å². The Balaban J connectivity index is 2.26. The molecule has 1 aromatic carbocycles. The van der Waals surface area contributed by atoms with Gasteiger partial charge in [0.25, 0.3) is 0 Å². The van der Waals surface area contributed by atoms with E-state index in [2.05, 4.69) is 37.0 Å². The minimum Gasteiger partial charge on any atom is -0.489 e. The van der Waals surface area contributed by atoms with Crippen molar-refractivity contribution in [3.63, 3.8) is 0 Å². The van der Waals surface area contributed by atoms with Gasteiger partial charge in [-0.25, -0.2) is 0 Å². The number of para-hydroxylation sites is 1. The maximum absolute atomic E-state index is 5.63. The minimum atomic E-state index is 0.555. The molecule has 0 aromatic heterocycles. The van der Waals surface area contributed by atoms with Gasteiger partial charge >= 0.3 is 0 Å². The first-order chi connectivity index (χ1) is 9.24. The standard InChI is InChI=1S/C16H26N2O/c1-4-13-19-16-10-6-5-9-15(16)14-17-11-7-8-12-18(2)3/h4-6,9-10,17H,1,7-8,11-14H2,2-3H3. The molecule has 0 heterocycles. The summed E-state index contributed by atoms with van der Waals surface area (Å²) >= 11 is 0. The van der Waals surface area contributed by atoms with Crippen molar-refractivity contribution in [2.75, 3.05) is 33.8 Å². The van der Waals surface area contributed by atoms with Crippen LogP contribution in [0.3, 0.4) is 0 Å². The third-order valence-corrected chi connectivity index (χ3v) is 2.85. The zero-order chi connectivity index (χ0) is 13.9. The van der Waals surface area contributed by atoms with Crippen LogP contribution in [0.1, 0.15) is 18.4 Å². The van der Waals surface area contributed by atoms with Gasteiger partial charge in [0.15, 0.2) is 0 Å². The Morgan fingerprint density at radius 3 is 2.79 bits per heavy atom. The number of rotatable bonds is 10. The van der Waals surface area contributed by atoms with Crippen LogP contribution in [0.4, 0.5) is 0 Å². The van der Waals surface area contributed by atoms with E-state index >= 15 is 0 Å². The summed E-state index contributed by atoms with van der Waals surface area (Å²) in [6, 6.07) is 8.15. The highest BCUT2D eigenvalue weighted by atomic mass is 16.5. The highest BCUT2D eigenvalue weighted by molar-refractivity contribution is 5.33. The molecule has 0 aliphatic heterocycles. The van der Waals surface area contributed by atoms with Gasteiger partial charge in [0.2, 0.25) is 0 Å². The van der Waals surface area contributed by atoms with Crippen LogP contribution in [0.25, 0.3) is 0 Å². The Bertz CT molecular complexity index is 364. The first-order valence-electron chi connectivity index (χ1n) is 6.91. The molecule has 1 aromatic rings. The molecular weight excluding hydrogens is 236 g/mol. The zero-order valence-electron chi connectivity index (χ0n) is 12.2. The number of nitrogens with one attached hydrogen (secondary N) is 1. The topological polar surface area (TPSA) is 24.5 Å². The SMILES string of the molecule is C=CCOc1ccccc1CNCCCCN(C)C. The summed E-state index contributed by atoms with van der Waals surface area (Å²) in [7, 11) is 4.22. The van der Waals surface area contributed by atoms with E-state index in [0.29, 0.717) is 6.61 Å². The fourth-order valence-electron chi connectivity index (χ4n) is 1.84. The molecule has 0 bridgehead atoms. The molecule has 3 heteroatoms. The van der Waals surface area contributed by atoms with Crippen molar-refractivity contribution in [1.82, 2.24) is 10.2 Å². The number of hydrogen-bond acceptors (Lipinski definition) is 3. The Kier molecular flexibility index (Phi) is 7.94. The average molecular weight is 262 g/mol. The van der Waals surface area contributed by atoms with Crippen LogP contribution in [0, 0.1) is 0 Å².